The van der Waals surface area contributed by atoms with Crippen molar-refractivity contribution in [2.75, 3.05) is 24.6 Å². The topological polar surface area (TPSA) is 80.1 Å². The summed E-state index contributed by atoms with van der Waals surface area (Å²) in [4.78, 5) is 41.9. The van der Waals surface area contributed by atoms with Crippen LogP contribution >= 0.6 is 0 Å². The van der Waals surface area contributed by atoms with Gasteiger partial charge in [-0.15, -0.1) is 0 Å². The second-order valence-corrected chi connectivity index (χ2v) is 8.63. The number of hydrogen-bond donors (Lipinski definition) is 0. The number of rotatable bonds is 8. The predicted octanol–water partition coefficient (Wildman–Crippen LogP) is 4.47. The van der Waals surface area contributed by atoms with Crippen molar-refractivity contribution < 1.29 is 23.5 Å². The number of benzene rings is 2. The Balaban J connectivity index is 1.51. The number of ether oxygens (including phenoxy) is 1. The summed E-state index contributed by atoms with van der Waals surface area (Å²) in [5.74, 6) is -0.550. The summed E-state index contributed by atoms with van der Waals surface area (Å²) < 4.78 is 10.5. The van der Waals surface area contributed by atoms with Gasteiger partial charge in [0, 0.05) is 18.8 Å². The van der Waals surface area contributed by atoms with E-state index in [9.17, 15) is 14.4 Å². The predicted molar refractivity (Wildman–Crippen MR) is 132 cm³/mol. The van der Waals surface area contributed by atoms with Crippen LogP contribution in [-0.4, -0.2) is 42.4 Å². The fourth-order valence-corrected chi connectivity index (χ4v) is 4.36. The molecule has 3 aromatic rings. The zero-order valence-corrected chi connectivity index (χ0v) is 19.9. The molecule has 2 aromatic carbocycles. The third-order valence-electron chi connectivity index (χ3n) is 6.13. The molecule has 182 valence electrons. The molecular formula is C28H30N2O5. The van der Waals surface area contributed by atoms with E-state index in [1.165, 1.54) is 6.26 Å². The van der Waals surface area contributed by atoms with Crippen LogP contribution in [-0.2, 0) is 27.3 Å². The number of carbonyl (C=O) groups excluding carboxylic acids is 3. The van der Waals surface area contributed by atoms with Gasteiger partial charge in [-0.2, -0.15) is 0 Å². The van der Waals surface area contributed by atoms with E-state index in [2.05, 4.69) is 0 Å². The van der Waals surface area contributed by atoms with E-state index in [0.717, 1.165) is 24.0 Å². The van der Waals surface area contributed by atoms with E-state index in [1.54, 1.807) is 28.9 Å². The normalized spacial score (nSPS) is 15.5. The quantitative estimate of drug-likeness (QED) is 0.450. The molecule has 1 fully saturated rings. The Hall–Kier alpha value is -3.87. The molecule has 1 aliphatic heterocycles. The summed E-state index contributed by atoms with van der Waals surface area (Å²) in [6.45, 7) is 3.51. The summed E-state index contributed by atoms with van der Waals surface area (Å²) >= 11 is 0. The number of piperidine rings is 1. The van der Waals surface area contributed by atoms with Gasteiger partial charge in [0.2, 0.25) is 5.91 Å². The standard InChI is InChI=1S/C28H30N2O5/c1-2-34-28(33)23-12-7-15-29(20-23)26(31)18-22-11-6-13-24(17-22)30(19-21-9-4-3-5-10-21)27(32)25-14-8-16-35-25/h3-6,8-11,13-14,16-17,23H,2,7,12,15,18-20H2,1H3/t23-/m1/s1. The van der Waals surface area contributed by atoms with E-state index < -0.39 is 0 Å². The van der Waals surface area contributed by atoms with E-state index in [1.807, 2.05) is 54.6 Å². The summed E-state index contributed by atoms with van der Waals surface area (Å²) in [6.07, 6.45) is 3.18. The molecule has 1 aliphatic rings. The number of furan rings is 1. The first-order chi connectivity index (χ1) is 17.0. The highest BCUT2D eigenvalue weighted by Crippen LogP contribution is 2.24. The zero-order valence-electron chi connectivity index (χ0n) is 19.9. The van der Waals surface area contributed by atoms with Gasteiger partial charge in [-0.3, -0.25) is 14.4 Å². The molecule has 0 unspecified atom stereocenters. The minimum Gasteiger partial charge on any atom is -0.466 e. The van der Waals surface area contributed by atoms with Crippen LogP contribution in [0.5, 0.6) is 0 Å². The molecule has 0 aliphatic carbocycles. The Morgan fingerprint density at radius 3 is 2.57 bits per heavy atom. The van der Waals surface area contributed by atoms with Gasteiger partial charge < -0.3 is 19.0 Å². The van der Waals surface area contributed by atoms with Crippen molar-refractivity contribution >= 4 is 23.5 Å². The fraction of sp³-hybridized carbons (Fsp3) is 0.321. The lowest BCUT2D eigenvalue weighted by molar-refractivity contribution is -0.151. The average Bonchev–Trinajstić information content (AvgIpc) is 3.43. The lowest BCUT2D eigenvalue weighted by Crippen LogP contribution is -2.43. The maximum Gasteiger partial charge on any atom is 0.310 e. The first-order valence-corrected chi connectivity index (χ1v) is 12.0. The highest BCUT2D eigenvalue weighted by atomic mass is 16.5. The number of nitrogens with zero attached hydrogens (tertiary/aromatic N) is 2. The molecule has 0 spiro atoms. The Kier molecular flexibility index (Phi) is 7.98. The van der Waals surface area contributed by atoms with Crippen LogP contribution in [0.3, 0.4) is 0 Å². The zero-order chi connectivity index (χ0) is 24.6. The van der Waals surface area contributed by atoms with Gasteiger partial charge in [0.15, 0.2) is 5.76 Å². The number of esters is 1. The summed E-state index contributed by atoms with van der Waals surface area (Å²) in [7, 11) is 0. The second-order valence-electron chi connectivity index (χ2n) is 8.63. The second kappa shape index (κ2) is 11.5. The molecule has 4 rings (SSSR count). The van der Waals surface area contributed by atoms with E-state index >= 15 is 0 Å². The lowest BCUT2D eigenvalue weighted by atomic mass is 9.97. The lowest BCUT2D eigenvalue weighted by Gasteiger charge is -2.31. The smallest absolute Gasteiger partial charge is 0.310 e. The van der Waals surface area contributed by atoms with Crippen LogP contribution in [0.2, 0.25) is 0 Å². The number of amides is 2. The third kappa shape index (κ3) is 6.18. The van der Waals surface area contributed by atoms with Crippen LogP contribution in [0.1, 0.15) is 41.4 Å². The van der Waals surface area contributed by atoms with E-state index in [0.29, 0.717) is 31.9 Å². The molecule has 1 atom stereocenters. The summed E-state index contributed by atoms with van der Waals surface area (Å²) in [6, 6.07) is 20.5. The summed E-state index contributed by atoms with van der Waals surface area (Å²) in [5.41, 5.74) is 2.46. The molecule has 1 aromatic heterocycles. The van der Waals surface area contributed by atoms with Gasteiger partial charge in [0.1, 0.15) is 0 Å². The molecule has 0 N–H and O–H groups in total. The van der Waals surface area contributed by atoms with Crippen LogP contribution in [0.4, 0.5) is 5.69 Å². The molecule has 7 nitrogen and oxygen atoms in total. The van der Waals surface area contributed by atoms with Crippen molar-refractivity contribution in [3.63, 3.8) is 0 Å². The first kappa shape index (κ1) is 24.3. The van der Waals surface area contributed by atoms with Gasteiger partial charge in [-0.25, -0.2) is 0 Å². The third-order valence-corrected chi connectivity index (χ3v) is 6.13. The van der Waals surface area contributed by atoms with Crippen molar-refractivity contribution in [3.8, 4) is 0 Å². The highest BCUT2D eigenvalue weighted by Gasteiger charge is 2.29. The Bertz CT molecular complexity index is 1140. The van der Waals surface area contributed by atoms with Crippen LogP contribution in [0.25, 0.3) is 0 Å². The van der Waals surface area contributed by atoms with Crippen molar-refractivity contribution in [2.24, 2.45) is 5.92 Å². The minimum atomic E-state index is -0.272. The SMILES string of the molecule is CCOC(=O)[C@@H]1CCCN(C(=O)Cc2cccc(N(Cc3ccccc3)C(=O)c3ccco3)c2)C1. The van der Waals surface area contributed by atoms with E-state index in [-0.39, 0.29) is 35.9 Å². The highest BCUT2D eigenvalue weighted by molar-refractivity contribution is 6.04. The number of carbonyl (C=O) groups is 3. The molecule has 1 saturated heterocycles. The van der Waals surface area contributed by atoms with Crippen molar-refractivity contribution in [1.29, 1.82) is 0 Å². The maximum absolute atomic E-state index is 13.3. The molecule has 2 heterocycles. The molecule has 2 amide bonds. The van der Waals surface area contributed by atoms with Gasteiger partial charge in [-0.05, 0) is 55.2 Å². The largest absolute Gasteiger partial charge is 0.466 e. The number of hydrogen-bond acceptors (Lipinski definition) is 5. The molecule has 35 heavy (non-hydrogen) atoms. The Morgan fingerprint density at radius 2 is 1.83 bits per heavy atom. The maximum atomic E-state index is 13.3. The molecule has 0 saturated carbocycles. The van der Waals surface area contributed by atoms with Crippen LogP contribution < -0.4 is 4.90 Å². The van der Waals surface area contributed by atoms with Gasteiger partial charge in [-0.1, -0.05) is 42.5 Å². The number of anilines is 1. The van der Waals surface area contributed by atoms with Crippen LogP contribution in [0.15, 0.2) is 77.4 Å². The Morgan fingerprint density at radius 1 is 1.03 bits per heavy atom. The average molecular weight is 475 g/mol. The molecular weight excluding hydrogens is 444 g/mol. The Labute approximate surface area is 205 Å². The van der Waals surface area contributed by atoms with Crippen molar-refractivity contribution in [1.82, 2.24) is 4.90 Å². The molecule has 7 heteroatoms. The van der Waals surface area contributed by atoms with Gasteiger partial charge in [0.05, 0.1) is 31.8 Å². The fourth-order valence-electron chi connectivity index (χ4n) is 4.36. The monoisotopic (exact) mass is 474 g/mol. The van der Waals surface area contributed by atoms with Gasteiger partial charge >= 0.3 is 5.97 Å². The van der Waals surface area contributed by atoms with Gasteiger partial charge in [0.25, 0.3) is 5.91 Å². The van der Waals surface area contributed by atoms with E-state index in [4.69, 9.17) is 9.15 Å². The van der Waals surface area contributed by atoms with Crippen molar-refractivity contribution in [2.45, 2.75) is 32.7 Å². The molecule has 0 radical (unpaired) electrons. The number of likely N-dealkylation sites (tertiary alicyclic amines) is 1. The van der Waals surface area contributed by atoms with Crippen molar-refractivity contribution in [3.05, 3.63) is 89.9 Å². The minimum absolute atomic E-state index is 0.0388. The first-order valence-electron chi connectivity index (χ1n) is 12.0. The van der Waals surface area contributed by atoms with Crippen LogP contribution in [0, 0.1) is 5.92 Å². The summed E-state index contributed by atoms with van der Waals surface area (Å²) in [5, 5.41) is 0. The molecule has 0 bridgehead atoms.